The summed E-state index contributed by atoms with van der Waals surface area (Å²) in [5, 5.41) is 22.1. The summed E-state index contributed by atoms with van der Waals surface area (Å²) < 4.78 is 0. The van der Waals surface area contributed by atoms with Crippen molar-refractivity contribution in [1.29, 1.82) is 0 Å². The van der Waals surface area contributed by atoms with Crippen LogP contribution in [0.4, 0.5) is 11.4 Å². The summed E-state index contributed by atoms with van der Waals surface area (Å²) in [6.07, 6.45) is 6.84. The van der Waals surface area contributed by atoms with Gasteiger partial charge in [0, 0.05) is 11.5 Å². The van der Waals surface area contributed by atoms with Crippen LogP contribution < -0.4 is 4.90 Å². The number of para-hydroxylation sites is 2. The Kier molecular flexibility index (Phi) is 5.31. The van der Waals surface area contributed by atoms with E-state index in [-0.39, 0.29) is 52.3 Å². The third kappa shape index (κ3) is 2.94. The van der Waals surface area contributed by atoms with Crippen LogP contribution in [0, 0.1) is 61.9 Å². The standard InChI is InChI=1S/C30H36N2O6/c1-16(2)18-15-30-13-10-21-28(3,11-7-12-29(21,4)27(35)36)22(30)14-17(18)23-24(30)26(34)31(25(23)33)19-8-5-6-9-20(19)32(37)38/h5-6,8-9,15-17,21-24H,7,10-14H2,1-4H3,(H,35,36)/t17-,21-,22+,23-,24+,28+,29-,30+/m1/s1. The van der Waals surface area contributed by atoms with Crippen molar-refractivity contribution >= 4 is 29.2 Å². The van der Waals surface area contributed by atoms with E-state index in [9.17, 15) is 29.6 Å². The van der Waals surface area contributed by atoms with Gasteiger partial charge in [-0.05, 0) is 74.2 Å². The molecule has 2 bridgehead atoms. The number of benzene rings is 1. The Labute approximate surface area is 222 Å². The topological polar surface area (TPSA) is 118 Å². The third-order valence-electron chi connectivity index (χ3n) is 11.5. The molecule has 1 N–H and O–H groups in total. The van der Waals surface area contributed by atoms with Crippen molar-refractivity contribution in [3.8, 4) is 0 Å². The Hall–Kier alpha value is -3.03. The van der Waals surface area contributed by atoms with Crippen LogP contribution in [0.5, 0.6) is 0 Å². The van der Waals surface area contributed by atoms with Crippen molar-refractivity contribution in [3.63, 3.8) is 0 Å². The largest absolute Gasteiger partial charge is 0.481 e. The van der Waals surface area contributed by atoms with E-state index < -0.39 is 33.6 Å². The summed E-state index contributed by atoms with van der Waals surface area (Å²) in [6, 6.07) is 6.00. The minimum atomic E-state index is -0.804. The van der Waals surface area contributed by atoms with Gasteiger partial charge in [0.2, 0.25) is 11.8 Å². The first kappa shape index (κ1) is 25.3. The normalized spacial score (nSPS) is 41.4. The molecule has 8 nitrogen and oxygen atoms in total. The van der Waals surface area contributed by atoms with Gasteiger partial charge in [-0.3, -0.25) is 24.5 Å². The summed E-state index contributed by atoms with van der Waals surface area (Å²) in [7, 11) is 0. The molecule has 1 spiro atoms. The highest BCUT2D eigenvalue weighted by molar-refractivity contribution is 6.23. The van der Waals surface area contributed by atoms with Crippen LogP contribution in [0.3, 0.4) is 0 Å². The number of anilines is 1. The molecule has 1 saturated heterocycles. The molecule has 1 aromatic carbocycles. The molecule has 7 rings (SSSR count). The number of nitrogens with zero attached hydrogens (tertiary/aromatic N) is 2. The third-order valence-corrected chi connectivity index (χ3v) is 11.5. The molecule has 38 heavy (non-hydrogen) atoms. The van der Waals surface area contributed by atoms with Gasteiger partial charge < -0.3 is 5.11 Å². The minimum absolute atomic E-state index is 0.00379. The summed E-state index contributed by atoms with van der Waals surface area (Å²) in [5.41, 5.74) is -0.593. The molecule has 2 amide bonds. The summed E-state index contributed by atoms with van der Waals surface area (Å²) in [4.78, 5) is 53.3. The fourth-order valence-electron chi connectivity index (χ4n) is 10.0. The minimum Gasteiger partial charge on any atom is -0.481 e. The van der Waals surface area contributed by atoms with Crippen LogP contribution in [-0.2, 0) is 14.4 Å². The predicted molar refractivity (Wildman–Crippen MR) is 140 cm³/mol. The van der Waals surface area contributed by atoms with Crippen molar-refractivity contribution in [2.75, 3.05) is 4.90 Å². The highest BCUT2D eigenvalue weighted by atomic mass is 16.6. The zero-order valence-corrected chi connectivity index (χ0v) is 22.5. The Bertz CT molecular complexity index is 1300. The molecule has 4 fully saturated rings. The Morgan fingerprint density at radius 3 is 2.47 bits per heavy atom. The molecule has 6 aliphatic rings. The fourth-order valence-corrected chi connectivity index (χ4v) is 10.0. The maximum Gasteiger partial charge on any atom is 0.309 e. The first-order chi connectivity index (χ1) is 17.9. The number of nitro benzene ring substituents is 1. The fraction of sp³-hybridized carbons (Fsp3) is 0.633. The molecule has 1 heterocycles. The van der Waals surface area contributed by atoms with Crippen LogP contribution in [0.2, 0.25) is 0 Å². The van der Waals surface area contributed by atoms with Crippen molar-refractivity contribution < 1.29 is 24.4 Å². The first-order valence-corrected chi connectivity index (χ1v) is 14.0. The number of hydrogen-bond donors (Lipinski definition) is 1. The predicted octanol–water partition coefficient (Wildman–Crippen LogP) is 5.61. The molecule has 8 atom stereocenters. The van der Waals surface area contributed by atoms with E-state index in [4.69, 9.17) is 0 Å². The number of imide groups is 1. The van der Waals surface area contributed by atoms with Gasteiger partial charge in [-0.25, -0.2) is 4.90 Å². The lowest BCUT2D eigenvalue weighted by molar-refractivity contribution is -0.384. The van der Waals surface area contributed by atoms with E-state index >= 15 is 0 Å². The molecule has 3 saturated carbocycles. The van der Waals surface area contributed by atoms with Gasteiger partial charge in [-0.2, -0.15) is 0 Å². The Morgan fingerprint density at radius 1 is 1.11 bits per heavy atom. The lowest BCUT2D eigenvalue weighted by atomic mass is 9.34. The van der Waals surface area contributed by atoms with Gasteiger partial charge in [0.05, 0.1) is 22.2 Å². The van der Waals surface area contributed by atoms with E-state index in [0.29, 0.717) is 19.3 Å². The molecular formula is C30H36N2O6. The summed E-state index contributed by atoms with van der Waals surface area (Å²) in [5.74, 6) is -2.32. The molecule has 5 aliphatic carbocycles. The van der Waals surface area contributed by atoms with Crippen LogP contribution in [0.15, 0.2) is 35.9 Å². The zero-order valence-electron chi connectivity index (χ0n) is 22.5. The zero-order chi connectivity index (χ0) is 27.4. The number of carbonyl (C=O) groups excluding carboxylic acids is 2. The number of amides is 2. The number of allylic oxidation sites excluding steroid dienone is 2. The molecule has 8 heteroatoms. The highest BCUT2D eigenvalue weighted by Crippen LogP contribution is 2.74. The van der Waals surface area contributed by atoms with Gasteiger partial charge in [0.1, 0.15) is 5.69 Å². The second-order valence-corrected chi connectivity index (χ2v) is 13.2. The SMILES string of the molecule is CC(C)C1=C[C@@]23CC[C@@H]4[C@](C)(CCC[C@@]4(C)C(=O)O)[C@@H]2C[C@H]1[C@H]1C(=O)N(c2ccccc2[N+](=O)[O-])C(=O)[C@H]13. The number of nitro groups is 1. The first-order valence-electron chi connectivity index (χ1n) is 14.0. The number of carbonyl (C=O) groups is 3. The van der Waals surface area contributed by atoms with Gasteiger partial charge in [0.25, 0.3) is 5.69 Å². The maximum absolute atomic E-state index is 14.3. The number of rotatable bonds is 4. The van der Waals surface area contributed by atoms with Crippen LogP contribution in [-0.4, -0.2) is 27.8 Å². The summed E-state index contributed by atoms with van der Waals surface area (Å²) >= 11 is 0. The molecule has 0 aromatic heterocycles. The number of hydrogen-bond acceptors (Lipinski definition) is 5. The van der Waals surface area contributed by atoms with Crippen molar-refractivity contribution in [2.24, 2.45) is 51.8 Å². The van der Waals surface area contributed by atoms with E-state index in [1.54, 1.807) is 12.1 Å². The number of aliphatic carboxylic acids is 1. The lowest BCUT2D eigenvalue weighted by Gasteiger charge is -2.68. The smallest absolute Gasteiger partial charge is 0.309 e. The van der Waals surface area contributed by atoms with E-state index in [0.717, 1.165) is 24.2 Å². The average molecular weight is 521 g/mol. The lowest BCUT2D eigenvalue weighted by Crippen LogP contribution is -2.65. The van der Waals surface area contributed by atoms with Crippen LogP contribution in [0.25, 0.3) is 0 Å². The van der Waals surface area contributed by atoms with Crippen molar-refractivity contribution in [2.45, 2.75) is 66.2 Å². The van der Waals surface area contributed by atoms with E-state index in [2.05, 4.69) is 26.8 Å². The number of fused-ring (bicyclic) bond motifs is 1. The molecule has 202 valence electrons. The molecule has 0 unspecified atom stereocenters. The van der Waals surface area contributed by atoms with Crippen LogP contribution >= 0.6 is 0 Å². The second kappa shape index (κ2) is 7.99. The number of carboxylic acids is 1. The molecular weight excluding hydrogens is 484 g/mol. The summed E-state index contributed by atoms with van der Waals surface area (Å²) in [6.45, 7) is 8.39. The van der Waals surface area contributed by atoms with E-state index in [1.807, 2.05) is 6.92 Å². The quantitative estimate of drug-likeness (QED) is 0.239. The Balaban J connectivity index is 1.50. The van der Waals surface area contributed by atoms with Gasteiger partial charge in [-0.1, -0.05) is 51.0 Å². The average Bonchev–Trinajstić information content (AvgIpc) is 3.15. The van der Waals surface area contributed by atoms with E-state index in [1.165, 1.54) is 17.7 Å². The van der Waals surface area contributed by atoms with Gasteiger partial charge in [-0.15, -0.1) is 0 Å². The van der Waals surface area contributed by atoms with Crippen LogP contribution in [0.1, 0.15) is 66.2 Å². The second-order valence-electron chi connectivity index (χ2n) is 13.2. The highest BCUT2D eigenvalue weighted by Gasteiger charge is 2.73. The van der Waals surface area contributed by atoms with Crippen molar-refractivity contribution in [3.05, 3.63) is 46.0 Å². The Morgan fingerprint density at radius 2 is 1.82 bits per heavy atom. The maximum atomic E-state index is 14.3. The number of carboxylic acid groups (broad SMARTS) is 1. The van der Waals surface area contributed by atoms with Crippen molar-refractivity contribution in [1.82, 2.24) is 0 Å². The molecule has 1 aliphatic heterocycles. The van der Waals surface area contributed by atoms with Gasteiger partial charge in [0.15, 0.2) is 0 Å². The monoisotopic (exact) mass is 520 g/mol. The molecule has 0 radical (unpaired) electrons. The molecule has 1 aromatic rings. The van der Waals surface area contributed by atoms with Gasteiger partial charge >= 0.3 is 5.97 Å².